The van der Waals surface area contributed by atoms with Gasteiger partial charge in [0.1, 0.15) is 18.2 Å². The minimum atomic E-state index is -0.973. The van der Waals surface area contributed by atoms with Crippen molar-refractivity contribution in [2.45, 2.75) is 20.0 Å². The van der Waals surface area contributed by atoms with Crippen molar-refractivity contribution in [2.24, 2.45) is 0 Å². The summed E-state index contributed by atoms with van der Waals surface area (Å²) >= 11 is 0. The van der Waals surface area contributed by atoms with Gasteiger partial charge in [-0.1, -0.05) is 36.4 Å². The largest absolute Gasteiger partial charge is 0.480 e. The lowest BCUT2D eigenvalue weighted by atomic mass is 10.1. The van der Waals surface area contributed by atoms with E-state index >= 15 is 0 Å². The maximum atomic E-state index is 13.0. The molecule has 3 aromatic carbocycles. The van der Waals surface area contributed by atoms with Gasteiger partial charge in [0.15, 0.2) is 0 Å². The summed E-state index contributed by atoms with van der Waals surface area (Å²) in [6.07, 6.45) is 3.15. The SMILES string of the molecule is CCn1c2ccccc2c2cc(NC(=O)C(C#N)=Cc3cn(CC(=O)O)c4ccccc34)ccc21. The normalized spacial score (nSPS) is 11.7. The molecule has 0 unspecified atom stereocenters. The Hall–Kier alpha value is -4.83. The number of nitrogens with one attached hydrogen (secondary N) is 1. The van der Waals surface area contributed by atoms with E-state index in [0.29, 0.717) is 11.3 Å². The van der Waals surface area contributed by atoms with Crippen molar-refractivity contribution in [3.63, 3.8) is 0 Å². The molecular weight excluding hydrogens is 440 g/mol. The van der Waals surface area contributed by atoms with Crippen molar-refractivity contribution in [1.29, 1.82) is 5.26 Å². The molecule has 0 aliphatic carbocycles. The van der Waals surface area contributed by atoms with Gasteiger partial charge in [-0.05, 0) is 43.3 Å². The number of anilines is 1. The van der Waals surface area contributed by atoms with E-state index in [1.807, 2.05) is 60.7 Å². The van der Waals surface area contributed by atoms with Gasteiger partial charge in [-0.3, -0.25) is 9.59 Å². The summed E-state index contributed by atoms with van der Waals surface area (Å²) < 4.78 is 3.82. The number of carboxylic acid groups (broad SMARTS) is 1. The summed E-state index contributed by atoms with van der Waals surface area (Å²) in [5, 5.41) is 24.7. The summed E-state index contributed by atoms with van der Waals surface area (Å²) in [7, 11) is 0. The van der Waals surface area contributed by atoms with Gasteiger partial charge >= 0.3 is 5.97 Å². The molecule has 2 heterocycles. The van der Waals surface area contributed by atoms with Crippen LogP contribution in [0.5, 0.6) is 0 Å². The van der Waals surface area contributed by atoms with Gasteiger partial charge in [0.05, 0.1) is 0 Å². The maximum absolute atomic E-state index is 13.0. The van der Waals surface area contributed by atoms with Crippen LogP contribution in [0.15, 0.2) is 78.5 Å². The molecule has 0 fully saturated rings. The van der Waals surface area contributed by atoms with Gasteiger partial charge in [0, 0.05) is 56.7 Å². The molecule has 0 bridgehead atoms. The fourth-order valence-corrected chi connectivity index (χ4v) is 4.64. The molecule has 0 aliphatic heterocycles. The number of amides is 1. The molecule has 1 amide bonds. The Morgan fingerprint density at radius 1 is 0.971 bits per heavy atom. The highest BCUT2D eigenvalue weighted by Crippen LogP contribution is 2.31. The first-order valence-electron chi connectivity index (χ1n) is 11.2. The molecule has 2 aromatic heterocycles. The number of aliphatic carboxylic acids is 1. The van der Waals surface area contributed by atoms with Crippen LogP contribution in [0.2, 0.25) is 0 Å². The second-order valence-electron chi connectivity index (χ2n) is 8.24. The van der Waals surface area contributed by atoms with Crippen LogP contribution in [0.1, 0.15) is 12.5 Å². The van der Waals surface area contributed by atoms with Crippen LogP contribution in [0.25, 0.3) is 38.8 Å². The number of nitrogens with zero attached hydrogens (tertiary/aromatic N) is 3. The summed E-state index contributed by atoms with van der Waals surface area (Å²) in [6.45, 7) is 2.71. The highest BCUT2D eigenvalue weighted by molar-refractivity contribution is 6.13. The van der Waals surface area contributed by atoms with Gasteiger partial charge in [0.2, 0.25) is 0 Å². The van der Waals surface area contributed by atoms with Gasteiger partial charge in [-0.25, -0.2) is 0 Å². The van der Waals surface area contributed by atoms with Crippen LogP contribution in [0, 0.1) is 11.3 Å². The molecule has 7 heteroatoms. The smallest absolute Gasteiger partial charge is 0.323 e. The number of carbonyl (C=O) groups excluding carboxylic acids is 1. The van der Waals surface area contributed by atoms with Gasteiger partial charge in [0.25, 0.3) is 5.91 Å². The molecule has 0 atom stereocenters. The van der Waals surface area contributed by atoms with Crippen LogP contribution in [0.3, 0.4) is 0 Å². The number of hydrogen-bond donors (Lipinski definition) is 2. The fraction of sp³-hybridized carbons (Fsp3) is 0.107. The average Bonchev–Trinajstić information content (AvgIpc) is 3.37. The molecule has 0 saturated heterocycles. The van der Waals surface area contributed by atoms with E-state index in [4.69, 9.17) is 0 Å². The lowest BCUT2D eigenvalue weighted by Gasteiger charge is -2.06. The summed E-state index contributed by atoms with van der Waals surface area (Å²) in [4.78, 5) is 24.3. The Morgan fingerprint density at radius 2 is 1.66 bits per heavy atom. The van der Waals surface area contributed by atoms with E-state index in [2.05, 4.69) is 28.9 Å². The van der Waals surface area contributed by atoms with Crippen LogP contribution >= 0.6 is 0 Å². The second kappa shape index (κ2) is 8.84. The zero-order chi connectivity index (χ0) is 24.5. The summed E-state index contributed by atoms with van der Waals surface area (Å²) in [6, 6.07) is 23.1. The first-order chi connectivity index (χ1) is 17.0. The quantitative estimate of drug-likeness (QED) is 0.261. The topological polar surface area (TPSA) is 100 Å². The van der Waals surface area contributed by atoms with Crippen molar-refractivity contribution < 1.29 is 14.7 Å². The predicted molar refractivity (Wildman–Crippen MR) is 137 cm³/mol. The average molecular weight is 463 g/mol. The minimum absolute atomic E-state index is 0.0701. The van der Waals surface area contributed by atoms with Gasteiger partial charge < -0.3 is 19.6 Å². The number of nitriles is 1. The molecule has 0 saturated carbocycles. The van der Waals surface area contributed by atoms with E-state index in [-0.39, 0.29) is 12.1 Å². The Bertz CT molecular complexity index is 1700. The number of hydrogen-bond acceptors (Lipinski definition) is 3. The number of rotatable bonds is 6. The first kappa shape index (κ1) is 22.0. The molecule has 7 nitrogen and oxygen atoms in total. The van der Waals surface area contributed by atoms with E-state index in [9.17, 15) is 20.0 Å². The number of aryl methyl sites for hydroxylation is 1. The maximum Gasteiger partial charge on any atom is 0.323 e. The third kappa shape index (κ3) is 3.91. The van der Waals surface area contributed by atoms with Crippen molar-refractivity contribution in [1.82, 2.24) is 9.13 Å². The number of carboxylic acids is 1. The van der Waals surface area contributed by atoms with E-state index in [1.165, 1.54) is 6.08 Å². The van der Waals surface area contributed by atoms with Crippen molar-refractivity contribution in [3.05, 3.63) is 84.1 Å². The highest BCUT2D eigenvalue weighted by Gasteiger charge is 2.15. The molecule has 0 aliphatic rings. The molecule has 0 spiro atoms. The molecule has 172 valence electrons. The van der Waals surface area contributed by atoms with E-state index < -0.39 is 11.9 Å². The van der Waals surface area contributed by atoms with E-state index in [0.717, 1.165) is 39.3 Å². The third-order valence-electron chi connectivity index (χ3n) is 6.14. The van der Waals surface area contributed by atoms with Gasteiger partial charge in [-0.2, -0.15) is 5.26 Å². The fourth-order valence-electron chi connectivity index (χ4n) is 4.64. The number of para-hydroxylation sites is 2. The number of benzene rings is 3. The zero-order valence-electron chi connectivity index (χ0n) is 19.0. The summed E-state index contributed by atoms with van der Waals surface area (Å²) in [5.41, 5.74) is 4.06. The Balaban J connectivity index is 1.50. The standard InChI is InChI=1S/C28H22N4O3/c1-2-32-25-10-6-4-8-22(25)23-14-20(11-12-26(23)32)30-28(35)18(15-29)13-19-16-31(17-27(33)34)24-9-5-3-7-21(19)24/h3-14,16H,2,17H2,1H3,(H,30,35)(H,33,34). The third-order valence-corrected chi connectivity index (χ3v) is 6.14. The molecule has 5 rings (SSSR count). The lowest BCUT2D eigenvalue weighted by molar-refractivity contribution is -0.137. The number of fused-ring (bicyclic) bond motifs is 4. The van der Waals surface area contributed by atoms with Crippen molar-refractivity contribution in [3.8, 4) is 6.07 Å². The van der Waals surface area contributed by atoms with Crippen LogP contribution < -0.4 is 5.32 Å². The second-order valence-corrected chi connectivity index (χ2v) is 8.24. The lowest BCUT2D eigenvalue weighted by Crippen LogP contribution is -2.13. The molecule has 0 radical (unpaired) electrons. The van der Waals surface area contributed by atoms with E-state index in [1.54, 1.807) is 10.8 Å². The molecule has 35 heavy (non-hydrogen) atoms. The van der Waals surface area contributed by atoms with Gasteiger partial charge in [-0.15, -0.1) is 0 Å². The summed E-state index contributed by atoms with van der Waals surface area (Å²) in [5.74, 6) is -1.50. The molecule has 5 aromatic rings. The first-order valence-corrected chi connectivity index (χ1v) is 11.2. The Morgan fingerprint density at radius 3 is 2.37 bits per heavy atom. The van der Waals surface area contributed by atoms with Crippen LogP contribution in [-0.4, -0.2) is 26.1 Å². The molecule has 2 N–H and O–H groups in total. The number of aromatic nitrogens is 2. The van der Waals surface area contributed by atoms with Crippen molar-refractivity contribution >= 4 is 56.3 Å². The Kier molecular flexibility index (Phi) is 5.55. The highest BCUT2D eigenvalue weighted by atomic mass is 16.4. The van der Waals surface area contributed by atoms with Crippen LogP contribution in [0.4, 0.5) is 5.69 Å². The predicted octanol–water partition coefficient (Wildman–Crippen LogP) is 5.40. The van der Waals surface area contributed by atoms with Crippen molar-refractivity contribution in [2.75, 3.05) is 5.32 Å². The minimum Gasteiger partial charge on any atom is -0.480 e. The molecular formula is C28H22N4O3. The number of carbonyl (C=O) groups is 2. The monoisotopic (exact) mass is 462 g/mol. The Labute approximate surface area is 201 Å². The zero-order valence-corrected chi connectivity index (χ0v) is 19.0. The van der Waals surface area contributed by atoms with Crippen LogP contribution in [-0.2, 0) is 22.7 Å².